The molecule has 0 amide bonds. The van der Waals surface area contributed by atoms with Crippen molar-refractivity contribution >= 4 is 16.9 Å². The lowest BCUT2D eigenvalue weighted by molar-refractivity contribution is -0.135. The highest BCUT2D eigenvalue weighted by Crippen LogP contribution is 2.37. The predicted molar refractivity (Wildman–Crippen MR) is 135 cm³/mol. The summed E-state index contributed by atoms with van der Waals surface area (Å²) in [6.45, 7) is 2.19. The molecule has 0 fully saturated rings. The van der Waals surface area contributed by atoms with Crippen LogP contribution in [0.15, 0.2) is 64.2 Å². The van der Waals surface area contributed by atoms with E-state index < -0.39 is 11.9 Å². The standard InChI is InChI=1S/C28H26N2O6/c1-16-12-24-26(28(34)30(16)11-10-17-4-7-19(31)8-5-17)21(15-25(32)36-24)22-13-18-6-9-20(35-3)14-23(18)29(2)27(22)33/h4-9,12-14,21,31H,10-11,15H2,1-3H3/t21-/m0/s1. The minimum atomic E-state index is -0.723. The lowest BCUT2D eigenvalue weighted by Crippen LogP contribution is -2.36. The number of fused-ring (bicyclic) bond motifs is 2. The van der Waals surface area contributed by atoms with Gasteiger partial charge in [0.25, 0.3) is 11.1 Å². The highest BCUT2D eigenvalue weighted by molar-refractivity contribution is 5.83. The second-order valence-corrected chi connectivity index (χ2v) is 9.06. The van der Waals surface area contributed by atoms with E-state index in [1.54, 1.807) is 62.0 Å². The number of phenolic OH excluding ortho intramolecular Hbond substituents is 1. The van der Waals surface area contributed by atoms with Gasteiger partial charge in [0.15, 0.2) is 0 Å². The average Bonchev–Trinajstić information content (AvgIpc) is 2.86. The third-order valence-corrected chi connectivity index (χ3v) is 6.85. The second kappa shape index (κ2) is 9.03. The molecule has 0 aliphatic carbocycles. The summed E-state index contributed by atoms with van der Waals surface area (Å²) in [5.74, 6) is -0.189. The van der Waals surface area contributed by atoms with E-state index in [0.717, 1.165) is 10.9 Å². The zero-order valence-electron chi connectivity index (χ0n) is 20.3. The number of nitrogens with zero attached hydrogens (tertiary/aromatic N) is 2. The molecule has 5 rings (SSSR count). The minimum absolute atomic E-state index is 0.0971. The van der Waals surface area contributed by atoms with E-state index in [1.165, 1.54) is 4.57 Å². The molecule has 0 radical (unpaired) electrons. The fourth-order valence-electron chi connectivity index (χ4n) is 4.89. The number of pyridine rings is 2. The lowest BCUT2D eigenvalue weighted by atomic mass is 9.87. The molecule has 0 unspecified atom stereocenters. The molecule has 1 atom stereocenters. The molecule has 1 aliphatic rings. The molecule has 1 N–H and O–H groups in total. The summed E-state index contributed by atoms with van der Waals surface area (Å²) in [5, 5.41) is 10.3. The van der Waals surface area contributed by atoms with Crippen molar-refractivity contribution in [3.05, 3.63) is 97.7 Å². The molecular formula is C28H26N2O6. The topological polar surface area (TPSA) is 99.8 Å². The summed E-state index contributed by atoms with van der Waals surface area (Å²) in [7, 11) is 3.23. The van der Waals surface area contributed by atoms with E-state index in [4.69, 9.17) is 9.47 Å². The Labute approximate surface area is 207 Å². The molecule has 2 aromatic heterocycles. The summed E-state index contributed by atoms with van der Waals surface area (Å²) in [6.07, 6.45) is 0.476. The predicted octanol–water partition coefficient (Wildman–Crippen LogP) is 3.41. The quantitative estimate of drug-likeness (QED) is 0.434. The number of hydrogen-bond acceptors (Lipinski definition) is 6. The number of aromatic nitrogens is 2. The van der Waals surface area contributed by atoms with Crippen molar-refractivity contribution in [2.75, 3.05) is 7.11 Å². The molecule has 4 aromatic rings. The van der Waals surface area contributed by atoms with Crippen LogP contribution in [0.4, 0.5) is 0 Å². The van der Waals surface area contributed by atoms with Crippen molar-refractivity contribution in [2.24, 2.45) is 7.05 Å². The van der Waals surface area contributed by atoms with Crippen LogP contribution in [0.5, 0.6) is 17.2 Å². The maximum atomic E-state index is 13.7. The summed E-state index contributed by atoms with van der Waals surface area (Å²) < 4.78 is 13.9. The number of ether oxygens (including phenoxy) is 2. The van der Waals surface area contributed by atoms with Crippen molar-refractivity contribution in [3.8, 4) is 17.2 Å². The Kier molecular flexibility index (Phi) is 5.88. The van der Waals surface area contributed by atoms with Crippen molar-refractivity contribution in [1.82, 2.24) is 9.13 Å². The van der Waals surface area contributed by atoms with Crippen molar-refractivity contribution in [2.45, 2.75) is 32.2 Å². The molecule has 0 saturated heterocycles. The Morgan fingerprint density at radius 2 is 1.78 bits per heavy atom. The first-order chi connectivity index (χ1) is 17.3. The van der Waals surface area contributed by atoms with Gasteiger partial charge in [-0.25, -0.2) is 0 Å². The molecule has 3 heterocycles. The van der Waals surface area contributed by atoms with Gasteiger partial charge in [-0.1, -0.05) is 12.1 Å². The fourth-order valence-corrected chi connectivity index (χ4v) is 4.89. The Bertz CT molecular complexity index is 1610. The molecule has 2 aromatic carbocycles. The molecule has 0 saturated carbocycles. The van der Waals surface area contributed by atoms with Gasteiger partial charge < -0.3 is 23.7 Å². The number of esters is 1. The molecule has 1 aliphatic heterocycles. The minimum Gasteiger partial charge on any atom is -0.508 e. The van der Waals surface area contributed by atoms with Crippen LogP contribution in [0.2, 0.25) is 0 Å². The van der Waals surface area contributed by atoms with Gasteiger partial charge in [-0.05, 0) is 54.6 Å². The van der Waals surface area contributed by atoms with Gasteiger partial charge in [0, 0.05) is 42.9 Å². The maximum absolute atomic E-state index is 13.7. The molecular weight excluding hydrogens is 460 g/mol. The van der Waals surface area contributed by atoms with Gasteiger partial charge >= 0.3 is 5.97 Å². The smallest absolute Gasteiger partial charge is 0.312 e. The number of carbonyl (C=O) groups excluding carboxylic acids is 1. The number of aromatic hydroxyl groups is 1. The first-order valence-electron chi connectivity index (χ1n) is 11.7. The largest absolute Gasteiger partial charge is 0.508 e. The number of methoxy groups -OCH3 is 1. The molecule has 0 bridgehead atoms. The Balaban J connectivity index is 1.62. The zero-order chi connectivity index (χ0) is 25.6. The summed E-state index contributed by atoms with van der Waals surface area (Å²) in [5.41, 5.74) is 2.45. The van der Waals surface area contributed by atoms with E-state index in [-0.39, 0.29) is 29.0 Å². The maximum Gasteiger partial charge on any atom is 0.312 e. The van der Waals surface area contributed by atoms with Gasteiger partial charge in [-0.15, -0.1) is 0 Å². The van der Waals surface area contributed by atoms with Crippen molar-refractivity contribution in [3.63, 3.8) is 0 Å². The Morgan fingerprint density at radius 3 is 2.50 bits per heavy atom. The van der Waals surface area contributed by atoms with Crippen LogP contribution in [0.25, 0.3) is 10.9 Å². The van der Waals surface area contributed by atoms with Crippen molar-refractivity contribution in [1.29, 1.82) is 0 Å². The number of aryl methyl sites for hydroxylation is 3. The van der Waals surface area contributed by atoms with E-state index in [9.17, 15) is 19.5 Å². The first kappa shape index (κ1) is 23.4. The van der Waals surface area contributed by atoms with Crippen LogP contribution < -0.4 is 20.6 Å². The van der Waals surface area contributed by atoms with Gasteiger partial charge in [0.1, 0.15) is 17.2 Å². The normalized spacial score (nSPS) is 15.0. The van der Waals surface area contributed by atoms with E-state index in [2.05, 4.69) is 0 Å². The SMILES string of the molecule is COc1ccc2cc([C@@H]3CC(=O)Oc4cc(C)n(CCc5ccc(O)cc5)c(=O)c43)c(=O)n(C)c2c1. The molecule has 184 valence electrons. The molecule has 8 heteroatoms. The van der Waals surface area contributed by atoms with Gasteiger partial charge in [0.2, 0.25) is 0 Å². The van der Waals surface area contributed by atoms with Crippen molar-refractivity contribution < 1.29 is 19.4 Å². The zero-order valence-corrected chi connectivity index (χ0v) is 20.3. The van der Waals surface area contributed by atoms with E-state index in [0.29, 0.717) is 41.1 Å². The summed E-state index contributed by atoms with van der Waals surface area (Å²) in [6, 6.07) is 15.7. The van der Waals surface area contributed by atoms with Crippen LogP contribution in [0, 0.1) is 6.92 Å². The van der Waals surface area contributed by atoms with Gasteiger partial charge in [0.05, 0.1) is 24.6 Å². The average molecular weight is 487 g/mol. The number of carbonyl (C=O) groups is 1. The number of phenols is 1. The fraction of sp³-hybridized carbons (Fsp3) is 0.250. The van der Waals surface area contributed by atoms with Gasteiger partial charge in [-0.3, -0.25) is 14.4 Å². The Morgan fingerprint density at radius 1 is 1.03 bits per heavy atom. The van der Waals surface area contributed by atoms with E-state index >= 15 is 0 Å². The monoisotopic (exact) mass is 486 g/mol. The molecule has 8 nitrogen and oxygen atoms in total. The third-order valence-electron chi connectivity index (χ3n) is 6.85. The van der Waals surface area contributed by atoms with Crippen LogP contribution in [0.1, 0.15) is 34.7 Å². The number of benzene rings is 2. The lowest BCUT2D eigenvalue weighted by Gasteiger charge is -2.26. The highest BCUT2D eigenvalue weighted by Gasteiger charge is 2.34. The highest BCUT2D eigenvalue weighted by atomic mass is 16.5. The second-order valence-electron chi connectivity index (χ2n) is 9.06. The summed E-state index contributed by atoms with van der Waals surface area (Å²) >= 11 is 0. The van der Waals surface area contributed by atoms with E-state index in [1.807, 2.05) is 18.2 Å². The molecule has 36 heavy (non-hydrogen) atoms. The van der Waals surface area contributed by atoms with Crippen LogP contribution in [0.3, 0.4) is 0 Å². The molecule has 0 spiro atoms. The number of hydrogen-bond donors (Lipinski definition) is 1. The number of rotatable bonds is 5. The van der Waals surface area contributed by atoms with Crippen LogP contribution >= 0.6 is 0 Å². The Hall–Kier alpha value is -4.33. The van der Waals surface area contributed by atoms with Crippen LogP contribution in [-0.4, -0.2) is 27.3 Å². The van der Waals surface area contributed by atoms with Crippen LogP contribution in [-0.2, 0) is 24.8 Å². The third kappa shape index (κ3) is 4.04. The summed E-state index contributed by atoms with van der Waals surface area (Å²) in [4.78, 5) is 39.7. The first-order valence-corrected chi connectivity index (χ1v) is 11.7. The van der Waals surface area contributed by atoms with Gasteiger partial charge in [-0.2, -0.15) is 0 Å².